The van der Waals surface area contributed by atoms with Crippen LogP contribution in [0.2, 0.25) is 0 Å². The van der Waals surface area contributed by atoms with Crippen LogP contribution in [0, 0.1) is 12.7 Å². The average Bonchev–Trinajstić information content (AvgIpc) is 2.31. The number of hydroxylamine groups is 1. The smallest absolute Gasteiger partial charge is 0.123 e. The third-order valence-electron chi connectivity index (χ3n) is 3.17. The van der Waals surface area contributed by atoms with Crippen LogP contribution in [0.3, 0.4) is 0 Å². The highest BCUT2D eigenvalue weighted by Gasteiger charge is 2.17. The molecule has 1 aliphatic rings. The molecule has 0 saturated carbocycles. The lowest BCUT2D eigenvalue weighted by atomic mass is 10.1. The molecule has 0 aliphatic carbocycles. The molecule has 2 rings (SSSR count). The summed E-state index contributed by atoms with van der Waals surface area (Å²) in [7, 11) is 0. The second-order valence-corrected chi connectivity index (χ2v) is 4.35. The van der Waals surface area contributed by atoms with Gasteiger partial charge < -0.3 is 10.1 Å². The molecule has 17 heavy (non-hydrogen) atoms. The Bertz CT molecular complexity index is 378. The van der Waals surface area contributed by atoms with Gasteiger partial charge >= 0.3 is 0 Å². The van der Waals surface area contributed by atoms with E-state index in [9.17, 15) is 4.39 Å². The summed E-state index contributed by atoms with van der Waals surface area (Å²) in [5, 5.41) is 8.63. The zero-order chi connectivity index (χ0) is 12.3. The molecule has 1 aliphatic heterocycles. The monoisotopic (exact) mass is 239 g/mol. The van der Waals surface area contributed by atoms with Gasteiger partial charge in [0, 0.05) is 31.9 Å². The van der Waals surface area contributed by atoms with Crippen molar-refractivity contribution in [1.29, 1.82) is 0 Å². The van der Waals surface area contributed by atoms with Gasteiger partial charge in [0.05, 0.1) is 6.67 Å². The maximum atomic E-state index is 13.0. The van der Waals surface area contributed by atoms with Crippen LogP contribution in [0.1, 0.15) is 5.56 Å². The van der Waals surface area contributed by atoms with E-state index in [2.05, 4.69) is 15.3 Å². The molecule has 1 aromatic carbocycles. The first kappa shape index (κ1) is 12.3. The van der Waals surface area contributed by atoms with E-state index in [4.69, 9.17) is 5.21 Å². The maximum absolute atomic E-state index is 13.0. The molecule has 5 heteroatoms. The highest BCUT2D eigenvalue weighted by atomic mass is 19.1. The Morgan fingerprint density at radius 3 is 2.59 bits per heavy atom. The number of aryl methyl sites for hydroxylation is 1. The Hall–Kier alpha value is -1.17. The van der Waals surface area contributed by atoms with Crippen molar-refractivity contribution in [1.82, 2.24) is 10.4 Å². The molecule has 0 bridgehead atoms. The molecule has 0 atom stereocenters. The number of benzene rings is 1. The van der Waals surface area contributed by atoms with Gasteiger partial charge in [0.15, 0.2) is 0 Å². The van der Waals surface area contributed by atoms with Crippen LogP contribution >= 0.6 is 0 Å². The van der Waals surface area contributed by atoms with Crippen molar-refractivity contribution in [2.75, 3.05) is 37.7 Å². The molecule has 0 unspecified atom stereocenters. The van der Waals surface area contributed by atoms with Crippen molar-refractivity contribution in [2.24, 2.45) is 0 Å². The van der Waals surface area contributed by atoms with Gasteiger partial charge in [0.2, 0.25) is 0 Å². The van der Waals surface area contributed by atoms with Gasteiger partial charge in [-0.25, -0.2) is 4.39 Å². The van der Waals surface area contributed by atoms with Gasteiger partial charge in [0.1, 0.15) is 5.82 Å². The third-order valence-corrected chi connectivity index (χ3v) is 3.17. The van der Waals surface area contributed by atoms with E-state index in [1.54, 1.807) is 6.07 Å². The van der Waals surface area contributed by atoms with Crippen LogP contribution in [0.4, 0.5) is 10.1 Å². The van der Waals surface area contributed by atoms with Crippen molar-refractivity contribution < 1.29 is 9.60 Å². The van der Waals surface area contributed by atoms with E-state index < -0.39 is 0 Å². The van der Waals surface area contributed by atoms with Crippen molar-refractivity contribution in [3.8, 4) is 0 Å². The number of nitrogens with one attached hydrogen (secondary N) is 1. The summed E-state index contributed by atoms with van der Waals surface area (Å²) >= 11 is 0. The number of hydrogen-bond donors (Lipinski definition) is 2. The Labute approximate surface area is 101 Å². The first-order chi connectivity index (χ1) is 8.20. The Balaban J connectivity index is 2.00. The average molecular weight is 239 g/mol. The number of hydrogen-bond acceptors (Lipinski definition) is 4. The summed E-state index contributed by atoms with van der Waals surface area (Å²) < 4.78 is 13.0. The lowest BCUT2D eigenvalue weighted by molar-refractivity contribution is 0.0944. The molecule has 0 radical (unpaired) electrons. The third kappa shape index (κ3) is 2.94. The van der Waals surface area contributed by atoms with Gasteiger partial charge in [-0.05, 0) is 30.7 Å². The van der Waals surface area contributed by atoms with Gasteiger partial charge in [-0.1, -0.05) is 0 Å². The van der Waals surface area contributed by atoms with Crippen LogP contribution in [0.25, 0.3) is 0 Å². The SMILES string of the molecule is Cc1cc(F)ccc1N1CCN(CNO)CC1. The fourth-order valence-corrected chi connectivity index (χ4v) is 2.22. The fraction of sp³-hybridized carbons (Fsp3) is 0.500. The first-order valence-corrected chi connectivity index (χ1v) is 5.81. The number of halogens is 1. The van der Waals surface area contributed by atoms with Crippen molar-refractivity contribution in [3.05, 3.63) is 29.6 Å². The molecule has 0 spiro atoms. The number of nitrogens with zero attached hydrogens (tertiary/aromatic N) is 2. The van der Waals surface area contributed by atoms with E-state index in [0.29, 0.717) is 6.67 Å². The molecule has 2 N–H and O–H groups in total. The largest absolute Gasteiger partial charge is 0.369 e. The summed E-state index contributed by atoms with van der Waals surface area (Å²) in [6, 6.07) is 4.91. The van der Waals surface area contributed by atoms with Crippen molar-refractivity contribution in [3.63, 3.8) is 0 Å². The predicted molar refractivity (Wildman–Crippen MR) is 64.7 cm³/mol. The van der Waals surface area contributed by atoms with E-state index in [1.165, 1.54) is 6.07 Å². The number of piperazine rings is 1. The summed E-state index contributed by atoms with van der Waals surface area (Å²) in [4.78, 5) is 4.39. The summed E-state index contributed by atoms with van der Waals surface area (Å²) in [6.07, 6.45) is 0. The molecule has 4 nitrogen and oxygen atoms in total. The van der Waals surface area contributed by atoms with E-state index in [1.807, 2.05) is 13.0 Å². The minimum Gasteiger partial charge on any atom is -0.369 e. The maximum Gasteiger partial charge on any atom is 0.123 e. The summed E-state index contributed by atoms with van der Waals surface area (Å²) in [5.41, 5.74) is 4.24. The second-order valence-electron chi connectivity index (χ2n) is 4.35. The fourth-order valence-electron chi connectivity index (χ4n) is 2.22. The van der Waals surface area contributed by atoms with Gasteiger partial charge in [-0.2, -0.15) is 5.48 Å². The van der Waals surface area contributed by atoms with Crippen LogP contribution in [0.5, 0.6) is 0 Å². The molecule has 1 fully saturated rings. The molecule has 0 aromatic heterocycles. The summed E-state index contributed by atoms with van der Waals surface area (Å²) in [5.74, 6) is -0.186. The highest BCUT2D eigenvalue weighted by Crippen LogP contribution is 2.21. The highest BCUT2D eigenvalue weighted by molar-refractivity contribution is 5.53. The lowest BCUT2D eigenvalue weighted by Gasteiger charge is -2.36. The van der Waals surface area contributed by atoms with Crippen molar-refractivity contribution in [2.45, 2.75) is 6.92 Å². The van der Waals surface area contributed by atoms with E-state index >= 15 is 0 Å². The van der Waals surface area contributed by atoms with Gasteiger partial charge in [-0.15, -0.1) is 0 Å². The van der Waals surface area contributed by atoms with Gasteiger partial charge in [0.25, 0.3) is 0 Å². The van der Waals surface area contributed by atoms with Crippen LogP contribution in [-0.2, 0) is 0 Å². The molecule has 1 aromatic rings. The normalized spacial score (nSPS) is 17.5. The quantitative estimate of drug-likeness (QED) is 0.777. The molecule has 1 saturated heterocycles. The molecule has 94 valence electrons. The minimum atomic E-state index is -0.186. The second kappa shape index (κ2) is 5.44. The summed E-state index contributed by atoms with van der Waals surface area (Å²) in [6.45, 7) is 6.01. The Morgan fingerprint density at radius 1 is 1.29 bits per heavy atom. The van der Waals surface area contributed by atoms with Crippen LogP contribution in [0.15, 0.2) is 18.2 Å². The molecule has 0 amide bonds. The van der Waals surface area contributed by atoms with Crippen molar-refractivity contribution >= 4 is 5.69 Å². The van der Waals surface area contributed by atoms with Gasteiger partial charge in [-0.3, -0.25) is 4.90 Å². The van der Waals surface area contributed by atoms with E-state index in [0.717, 1.165) is 37.4 Å². The Morgan fingerprint density at radius 2 is 2.00 bits per heavy atom. The van der Waals surface area contributed by atoms with E-state index in [-0.39, 0.29) is 5.82 Å². The first-order valence-electron chi connectivity index (χ1n) is 5.81. The topological polar surface area (TPSA) is 38.7 Å². The minimum absolute atomic E-state index is 0.186. The standard InChI is InChI=1S/C12H18FN3O/c1-10-8-11(13)2-3-12(10)16-6-4-15(5-7-16)9-14-17/h2-3,8,14,17H,4-7,9H2,1H3. The zero-order valence-electron chi connectivity index (χ0n) is 9.99. The zero-order valence-corrected chi connectivity index (χ0v) is 9.99. The molecule has 1 heterocycles. The molecular formula is C12H18FN3O. The van der Waals surface area contributed by atoms with Crippen LogP contribution < -0.4 is 10.4 Å². The van der Waals surface area contributed by atoms with Crippen LogP contribution in [-0.4, -0.2) is 43.0 Å². The predicted octanol–water partition coefficient (Wildman–Crippen LogP) is 1.19. The molecular weight excluding hydrogens is 221 g/mol. The lowest BCUT2D eigenvalue weighted by Crippen LogP contribution is -2.49. The number of anilines is 1. The number of rotatable bonds is 3. The Kier molecular flexibility index (Phi) is 3.93.